The van der Waals surface area contributed by atoms with Crippen molar-refractivity contribution in [1.82, 2.24) is 9.97 Å². The van der Waals surface area contributed by atoms with E-state index in [9.17, 15) is 14.0 Å². The first kappa shape index (κ1) is 15.2. The lowest BCUT2D eigenvalue weighted by Gasteiger charge is -2.05. The minimum absolute atomic E-state index is 0.103. The number of H-pyrrole nitrogens is 1. The van der Waals surface area contributed by atoms with E-state index in [4.69, 9.17) is 0 Å². The summed E-state index contributed by atoms with van der Waals surface area (Å²) >= 11 is 1.28. The number of aryl methyl sites for hydroxylation is 1. The predicted molar refractivity (Wildman–Crippen MR) is 76.9 cm³/mol. The number of carbonyl (C=O) groups is 1. The second kappa shape index (κ2) is 6.53. The molecule has 0 aliphatic carbocycles. The molecule has 5 nitrogen and oxygen atoms in total. The van der Waals surface area contributed by atoms with E-state index in [1.807, 2.05) is 0 Å². The van der Waals surface area contributed by atoms with E-state index in [1.54, 1.807) is 13.0 Å². The van der Waals surface area contributed by atoms with Gasteiger partial charge in [0.05, 0.1) is 12.7 Å². The summed E-state index contributed by atoms with van der Waals surface area (Å²) < 4.78 is 18.2. The number of ether oxygens (including phenoxy) is 1. The molecule has 1 heterocycles. The van der Waals surface area contributed by atoms with Crippen LogP contribution in [-0.2, 0) is 10.5 Å². The number of thioether (sulfide) groups is 1. The first-order valence-corrected chi connectivity index (χ1v) is 7.05. The molecule has 0 unspecified atom stereocenters. The number of hydrogen-bond acceptors (Lipinski definition) is 5. The van der Waals surface area contributed by atoms with Crippen LogP contribution in [0.3, 0.4) is 0 Å². The summed E-state index contributed by atoms with van der Waals surface area (Å²) in [5, 5.41) is 0.470. The SMILES string of the molecule is COC(=O)c1ccc(CSc2nc(C)cc(=O)[nH]2)cc1F. The summed E-state index contributed by atoms with van der Waals surface area (Å²) in [4.78, 5) is 29.4. The highest BCUT2D eigenvalue weighted by Gasteiger charge is 2.12. The van der Waals surface area contributed by atoms with Gasteiger partial charge in [0, 0.05) is 17.5 Å². The molecule has 2 rings (SSSR count). The smallest absolute Gasteiger partial charge is 0.340 e. The Labute approximate surface area is 124 Å². The summed E-state index contributed by atoms with van der Waals surface area (Å²) in [5.41, 5.74) is 0.966. The van der Waals surface area contributed by atoms with Crippen LogP contribution in [0, 0.1) is 12.7 Å². The van der Waals surface area contributed by atoms with E-state index in [2.05, 4.69) is 14.7 Å². The van der Waals surface area contributed by atoms with Crippen molar-refractivity contribution in [2.45, 2.75) is 17.8 Å². The monoisotopic (exact) mass is 308 g/mol. The number of rotatable bonds is 4. The van der Waals surface area contributed by atoms with Crippen LogP contribution in [0.2, 0.25) is 0 Å². The molecule has 1 N–H and O–H groups in total. The van der Waals surface area contributed by atoms with Gasteiger partial charge in [-0.25, -0.2) is 14.2 Å². The van der Waals surface area contributed by atoms with E-state index in [-0.39, 0.29) is 11.1 Å². The largest absolute Gasteiger partial charge is 0.465 e. The molecule has 0 fully saturated rings. The van der Waals surface area contributed by atoms with Gasteiger partial charge in [0.25, 0.3) is 5.56 Å². The molecule has 110 valence electrons. The number of benzene rings is 1. The Hall–Kier alpha value is -2.15. The fourth-order valence-electron chi connectivity index (χ4n) is 1.70. The molecular weight excluding hydrogens is 295 g/mol. The van der Waals surface area contributed by atoms with Crippen molar-refractivity contribution in [3.05, 3.63) is 57.3 Å². The Morgan fingerprint density at radius 3 is 2.81 bits per heavy atom. The Morgan fingerprint density at radius 2 is 2.19 bits per heavy atom. The third-order valence-corrected chi connectivity index (χ3v) is 3.61. The van der Waals surface area contributed by atoms with Crippen molar-refractivity contribution in [3.8, 4) is 0 Å². The van der Waals surface area contributed by atoms with Gasteiger partial charge < -0.3 is 9.72 Å². The summed E-state index contributed by atoms with van der Waals surface area (Å²) in [6.45, 7) is 1.73. The lowest BCUT2D eigenvalue weighted by atomic mass is 10.1. The topological polar surface area (TPSA) is 72.0 Å². The minimum Gasteiger partial charge on any atom is -0.465 e. The maximum atomic E-state index is 13.8. The van der Waals surface area contributed by atoms with Crippen molar-refractivity contribution in [2.75, 3.05) is 7.11 Å². The normalized spacial score (nSPS) is 10.4. The summed E-state index contributed by atoms with van der Waals surface area (Å²) in [6.07, 6.45) is 0. The van der Waals surface area contributed by atoms with Crippen LogP contribution < -0.4 is 5.56 Å². The Bertz CT molecular complexity index is 730. The Kier molecular flexibility index (Phi) is 4.74. The summed E-state index contributed by atoms with van der Waals surface area (Å²) in [5.74, 6) is -0.924. The average Bonchev–Trinajstić information content (AvgIpc) is 2.43. The highest BCUT2D eigenvalue weighted by atomic mass is 32.2. The summed E-state index contributed by atoms with van der Waals surface area (Å²) in [7, 11) is 1.20. The molecule has 0 aliphatic heterocycles. The Morgan fingerprint density at radius 1 is 1.43 bits per heavy atom. The van der Waals surface area contributed by atoms with Gasteiger partial charge in [0.15, 0.2) is 5.16 Å². The van der Waals surface area contributed by atoms with Crippen LogP contribution in [0.25, 0.3) is 0 Å². The van der Waals surface area contributed by atoms with Crippen molar-refractivity contribution in [2.24, 2.45) is 0 Å². The van der Waals surface area contributed by atoms with Gasteiger partial charge in [-0.3, -0.25) is 4.79 Å². The molecule has 2 aromatic rings. The Balaban J connectivity index is 2.12. The zero-order valence-electron chi connectivity index (χ0n) is 11.5. The standard InChI is InChI=1S/C14H13FN2O3S/c1-8-5-12(18)17-14(16-8)21-7-9-3-4-10(11(15)6-9)13(19)20-2/h3-6H,7H2,1-2H3,(H,16,17,18). The molecule has 0 amide bonds. The minimum atomic E-state index is -0.712. The van der Waals surface area contributed by atoms with Gasteiger partial charge in [-0.1, -0.05) is 17.8 Å². The number of nitrogens with one attached hydrogen (secondary N) is 1. The number of methoxy groups -OCH3 is 1. The fraction of sp³-hybridized carbons (Fsp3) is 0.214. The van der Waals surface area contributed by atoms with Gasteiger partial charge in [-0.15, -0.1) is 0 Å². The van der Waals surface area contributed by atoms with Gasteiger partial charge in [-0.2, -0.15) is 0 Å². The molecule has 0 saturated heterocycles. The molecule has 7 heteroatoms. The second-order valence-electron chi connectivity index (χ2n) is 4.29. The lowest BCUT2D eigenvalue weighted by molar-refractivity contribution is 0.0595. The zero-order valence-corrected chi connectivity index (χ0v) is 12.3. The van der Waals surface area contributed by atoms with Crippen molar-refractivity contribution < 1.29 is 13.9 Å². The number of aromatic amines is 1. The van der Waals surface area contributed by atoms with E-state index >= 15 is 0 Å². The molecular formula is C14H13FN2O3S. The van der Waals surface area contributed by atoms with Crippen molar-refractivity contribution in [3.63, 3.8) is 0 Å². The number of hydrogen-bond donors (Lipinski definition) is 1. The molecule has 0 bridgehead atoms. The number of carbonyl (C=O) groups excluding carboxylic acids is 1. The first-order valence-electron chi connectivity index (χ1n) is 6.07. The van der Waals surface area contributed by atoms with Crippen LogP contribution in [0.5, 0.6) is 0 Å². The highest BCUT2D eigenvalue weighted by Crippen LogP contribution is 2.20. The highest BCUT2D eigenvalue weighted by molar-refractivity contribution is 7.98. The van der Waals surface area contributed by atoms with E-state index < -0.39 is 11.8 Å². The third-order valence-electron chi connectivity index (χ3n) is 2.66. The van der Waals surface area contributed by atoms with Gasteiger partial charge in [-0.05, 0) is 24.6 Å². The van der Waals surface area contributed by atoms with Gasteiger partial charge >= 0.3 is 5.97 Å². The average molecular weight is 308 g/mol. The number of nitrogens with zero attached hydrogens (tertiary/aromatic N) is 1. The van der Waals surface area contributed by atoms with Crippen molar-refractivity contribution >= 4 is 17.7 Å². The van der Waals surface area contributed by atoms with Crippen LogP contribution in [0.15, 0.2) is 34.2 Å². The number of halogens is 1. The summed E-state index contributed by atoms with van der Waals surface area (Å²) in [6, 6.07) is 5.68. The van der Waals surface area contributed by atoms with Gasteiger partial charge in [0.1, 0.15) is 5.82 Å². The van der Waals surface area contributed by atoms with Crippen LogP contribution in [0.1, 0.15) is 21.6 Å². The van der Waals surface area contributed by atoms with E-state index in [1.165, 1.54) is 37.1 Å². The van der Waals surface area contributed by atoms with Crippen LogP contribution in [0.4, 0.5) is 4.39 Å². The first-order chi connectivity index (χ1) is 9.99. The lowest BCUT2D eigenvalue weighted by Crippen LogP contribution is -2.08. The molecule has 0 radical (unpaired) electrons. The van der Waals surface area contributed by atoms with Crippen molar-refractivity contribution in [1.29, 1.82) is 0 Å². The van der Waals surface area contributed by atoms with Crippen LogP contribution >= 0.6 is 11.8 Å². The maximum Gasteiger partial charge on any atom is 0.340 e. The van der Waals surface area contributed by atoms with E-state index in [0.29, 0.717) is 22.2 Å². The molecule has 0 saturated carbocycles. The quantitative estimate of drug-likeness (QED) is 0.533. The zero-order chi connectivity index (χ0) is 15.4. The molecule has 0 spiro atoms. The predicted octanol–water partition coefficient (Wildman–Crippen LogP) is 2.30. The second-order valence-corrected chi connectivity index (χ2v) is 5.25. The molecule has 0 atom stereocenters. The fourth-order valence-corrected chi connectivity index (χ4v) is 2.56. The molecule has 21 heavy (non-hydrogen) atoms. The van der Waals surface area contributed by atoms with Crippen LogP contribution in [-0.4, -0.2) is 23.0 Å². The molecule has 1 aromatic heterocycles. The van der Waals surface area contributed by atoms with Gasteiger partial charge in [0.2, 0.25) is 0 Å². The number of esters is 1. The number of aromatic nitrogens is 2. The molecule has 0 aliphatic rings. The third kappa shape index (κ3) is 3.91. The molecule has 1 aromatic carbocycles. The maximum absolute atomic E-state index is 13.8. The van der Waals surface area contributed by atoms with E-state index in [0.717, 1.165) is 0 Å².